The molecule has 4 aromatic rings. The number of amides is 1. The monoisotopic (exact) mass is 398 g/mol. The second-order valence-electron chi connectivity index (χ2n) is 7.08. The van der Waals surface area contributed by atoms with Crippen LogP contribution in [0.15, 0.2) is 77.3 Å². The third kappa shape index (κ3) is 4.55. The van der Waals surface area contributed by atoms with Crippen molar-refractivity contribution >= 4 is 17.3 Å². The molecule has 2 N–H and O–H groups in total. The summed E-state index contributed by atoms with van der Waals surface area (Å²) in [6.45, 7) is 4.37. The van der Waals surface area contributed by atoms with E-state index in [1.807, 2.05) is 80.6 Å². The van der Waals surface area contributed by atoms with Crippen molar-refractivity contribution < 1.29 is 9.32 Å². The molecule has 4 rings (SSSR count). The Balaban J connectivity index is 1.45. The highest BCUT2D eigenvalue weighted by Gasteiger charge is 2.11. The Kier molecular flexibility index (Phi) is 5.57. The largest absolute Gasteiger partial charge is 0.376 e. The first-order valence-electron chi connectivity index (χ1n) is 9.69. The number of carbonyl (C=O) groups is 1. The van der Waals surface area contributed by atoms with Crippen LogP contribution in [0.1, 0.15) is 27.4 Å². The summed E-state index contributed by atoms with van der Waals surface area (Å²) in [6.07, 6.45) is 0. The van der Waals surface area contributed by atoms with E-state index in [0.717, 1.165) is 28.1 Å². The second-order valence-corrected chi connectivity index (χ2v) is 7.08. The van der Waals surface area contributed by atoms with Crippen LogP contribution in [-0.2, 0) is 6.54 Å². The third-order valence-corrected chi connectivity index (χ3v) is 4.71. The average molecular weight is 398 g/mol. The molecule has 0 saturated heterocycles. The number of anilines is 2. The van der Waals surface area contributed by atoms with Crippen LogP contribution in [-0.4, -0.2) is 16.0 Å². The van der Waals surface area contributed by atoms with Crippen molar-refractivity contribution in [3.05, 3.63) is 95.4 Å². The van der Waals surface area contributed by atoms with Gasteiger partial charge in [0.1, 0.15) is 0 Å². The van der Waals surface area contributed by atoms with Gasteiger partial charge >= 0.3 is 0 Å². The Morgan fingerprint density at radius 2 is 1.80 bits per heavy atom. The van der Waals surface area contributed by atoms with E-state index < -0.39 is 0 Å². The van der Waals surface area contributed by atoms with Crippen molar-refractivity contribution in [1.29, 1.82) is 0 Å². The zero-order valence-corrected chi connectivity index (χ0v) is 16.8. The lowest BCUT2D eigenvalue weighted by Crippen LogP contribution is -2.12. The Hall–Kier alpha value is -3.93. The highest BCUT2D eigenvalue weighted by atomic mass is 16.5. The van der Waals surface area contributed by atoms with E-state index >= 15 is 0 Å². The summed E-state index contributed by atoms with van der Waals surface area (Å²) >= 11 is 0. The molecule has 0 unspecified atom stereocenters. The van der Waals surface area contributed by atoms with Gasteiger partial charge in [0, 0.05) is 22.5 Å². The number of hydrogen-bond donors (Lipinski definition) is 2. The van der Waals surface area contributed by atoms with Crippen molar-refractivity contribution in [2.75, 3.05) is 10.6 Å². The van der Waals surface area contributed by atoms with Crippen LogP contribution in [0.3, 0.4) is 0 Å². The van der Waals surface area contributed by atoms with Crippen LogP contribution in [0.2, 0.25) is 0 Å². The van der Waals surface area contributed by atoms with E-state index in [1.54, 1.807) is 6.07 Å². The minimum atomic E-state index is -0.163. The van der Waals surface area contributed by atoms with Crippen LogP contribution >= 0.6 is 0 Å². The van der Waals surface area contributed by atoms with Crippen LogP contribution in [0.5, 0.6) is 0 Å². The summed E-state index contributed by atoms with van der Waals surface area (Å²) in [5.41, 5.74) is 5.24. The third-order valence-electron chi connectivity index (χ3n) is 4.71. The maximum absolute atomic E-state index is 12.6. The predicted molar refractivity (Wildman–Crippen MR) is 117 cm³/mol. The van der Waals surface area contributed by atoms with Gasteiger partial charge in [-0.05, 0) is 49.7 Å². The Labute approximate surface area is 175 Å². The first-order valence-corrected chi connectivity index (χ1v) is 9.69. The fraction of sp³-hybridized carbons (Fsp3) is 0.125. The molecule has 0 aliphatic carbocycles. The van der Waals surface area contributed by atoms with Gasteiger partial charge in [-0.25, -0.2) is 0 Å². The molecule has 3 aromatic carbocycles. The van der Waals surface area contributed by atoms with E-state index in [2.05, 4.69) is 20.8 Å². The molecule has 0 atom stereocenters. The van der Waals surface area contributed by atoms with Gasteiger partial charge in [0.25, 0.3) is 5.91 Å². The molecule has 150 valence electrons. The first-order chi connectivity index (χ1) is 14.6. The summed E-state index contributed by atoms with van der Waals surface area (Å²) in [5.74, 6) is 0.872. The maximum atomic E-state index is 12.6. The van der Waals surface area contributed by atoms with E-state index in [4.69, 9.17) is 4.52 Å². The highest BCUT2D eigenvalue weighted by Crippen LogP contribution is 2.20. The van der Waals surface area contributed by atoms with Crippen LogP contribution in [0.4, 0.5) is 11.4 Å². The van der Waals surface area contributed by atoms with Crippen molar-refractivity contribution in [3.8, 4) is 11.4 Å². The number of nitrogens with zero attached hydrogens (tertiary/aromatic N) is 2. The second kappa shape index (κ2) is 8.61. The van der Waals surface area contributed by atoms with Gasteiger partial charge in [-0.15, -0.1) is 0 Å². The van der Waals surface area contributed by atoms with Gasteiger partial charge in [-0.3, -0.25) is 4.79 Å². The smallest absolute Gasteiger partial charge is 0.255 e. The molecule has 1 aromatic heterocycles. The van der Waals surface area contributed by atoms with Gasteiger partial charge in [0.05, 0.1) is 6.54 Å². The van der Waals surface area contributed by atoms with Crippen LogP contribution in [0.25, 0.3) is 11.4 Å². The molecule has 0 spiro atoms. The number of rotatable bonds is 6. The Morgan fingerprint density at radius 3 is 2.60 bits per heavy atom. The molecule has 6 nitrogen and oxygen atoms in total. The molecule has 0 bridgehead atoms. The van der Waals surface area contributed by atoms with Gasteiger partial charge in [-0.2, -0.15) is 4.98 Å². The number of aryl methyl sites for hydroxylation is 2. The first kappa shape index (κ1) is 19.4. The summed E-state index contributed by atoms with van der Waals surface area (Å²) in [4.78, 5) is 17.0. The number of para-hydroxylation sites is 1. The van der Waals surface area contributed by atoms with Crippen molar-refractivity contribution in [2.45, 2.75) is 20.4 Å². The standard InChI is InChI=1S/C24H22N4O2/c1-16-7-6-8-18(13-16)23-27-22(30-28-23)15-25-21-14-19(12-11-17(21)2)24(29)26-20-9-4-3-5-10-20/h3-14,25H,15H2,1-2H3,(H,26,29). The minimum absolute atomic E-state index is 0.163. The minimum Gasteiger partial charge on any atom is -0.376 e. The fourth-order valence-electron chi connectivity index (χ4n) is 3.08. The molecule has 30 heavy (non-hydrogen) atoms. The summed E-state index contributed by atoms with van der Waals surface area (Å²) in [5, 5.41) is 10.3. The average Bonchev–Trinajstić information content (AvgIpc) is 3.23. The molecular weight excluding hydrogens is 376 g/mol. The highest BCUT2D eigenvalue weighted by molar-refractivity contribution is 6.04. The molecule has 1 amide bonds. The quantitative estimate of drug-likeness (QED) is 0.466. The van der Waals surface area contributed by atoms with Crippen molar-refractivity contribution in [1.82, 2.24) is 10.1 Å². The summed E-state index contributed by atoms with van der Waals surface area (Å²) in [6, 6.07) is 22.9. The molecule has 0 saturated carbocycles. The molecule has 0 aliphatic rings. The van der Waals surface area contributed by atoms with Crippen LogP contribution < -0.4 is 10.6 Å². The van der Waals surface area contributed by atoms with E-state index in [1.165, 1.54) is 0 Å². The Bertz CT molecular complexity index is 1170. The fourth-order valence-corrected chi connectivity index (χ4v) is 3.08. The molecule has 0 aliphatic heterocycles. The van der Waals surface area contributed by atoms with E-state index in [0.29, 0.717) is 23.8 Å². The zero-order chi connectivity index (χ0) is 20.9. The topological polar surface area (TPSA) is 80.0 Å². The molecule has 0 radical (unpaired) electrons. The normalized spacial score (nSPS) is 10.6. The summed E-state index contributed by atoms with van der Waals surface area (Å²) < 4.78 is 5.37. The number of hydrogen-bond acceptors (Lipinski definition) is 5. The van der Waals surface area contributed by atoms with Gasteiger partial charge in [0.15, 0.2) is 0 Å². The molecular formula is C24H22N4O2. The lowest BCUT2D eigenvalue weighted by molar-refractivity contribution is 0.102. The molecule has 1 heterocycles. The lowest BCUT2D eigenvalue weighted by atomic mass is 10.1. The summed E-state index contributed by atoms with van der Waals surface area (Å²) in [7, 11) is 0. The van der Waals surface area contributed by atoms with Crippen LogP contribution in [0, 0.1) is 13.8 Å². The Morgan fingerprint density at radius 1 is 0.967 bits per heavy atom. The van der Waals surface area contributed by atoms with Gasteiger partial charge in [-0.1, -0.05) is 53.2 Å². The number of aromatic nitrogens is 2. The maximum Gasteiger partial charge on any atom is 0.255 e. The zero-order valence-electron chi connectivity index (χ0n) is 16.8. The number of benzene rings is 3. The SMILES string of the molecule is Cc1cccc(-c2noc(CNc3cc(C(=O)Nc4ccccc4)ccc3C)n2)c1. The molecule has 0 fully saturated rings. The van der Waals surface area contributed by atoms with E-state index in [9.17, 15) is 4.79 Å². The number of carbonyl (C=O) groups excluding carboxylic acids is 1. The predicted octanol–water partition coefficient (Wildman–Crippen LogP) is 5.22. The van der Waals surface area contributed by atoms with Gasteiger partial charge < -0.3 is 15.2 Å². The van der Waals surface area contributed by atoms with Gasteiger partial charge in [0.2, 0.25) is 11.7 Å². The van der Waals surface area contributed by atoms with Crippen molar-refractivity contribution in [3.63, 3.8) is 0 Å². The molecule has 6 heteroatoms. The van der Waals surface area contributed by atoms with E-state index in [-0.39, 0.29) is 5.91 Å². The lowest BCUT2D eigenvalue weighted by Gasteiger charge is -2.10. The van der Waals surface area contributed by atoms with Crippen molar-refractivity contribution in [2.24, 2.45) is 0 Å². The number of nitrogens with one attached hydrogen (secondary N) is 2.